The Morgan fingerprint density at radius 3 is 1.13 bits per heavy atom. The molecular formula is C65H125N7O6. The van der Waals surface area contributed by atoms with Crippen molar-refractivity contribution in [2.45, 2.75) is 337 Å². The fourth-order valence-corrected chi connectivity index (χ4v) is 16.5. The minimum absolute atomic E-state index is 0.0498. The average molecular weight is 1100 g/mol. The minimum atomic E-state index is -0.563. The summed E-state index contributed by atoms with van der Waals surface area (Å²) in [4.78, 5) is 50.3. The number of nitrogens with zero attached hydrogens (tertiary/aromatic N) is 2. The number of methoxy groups -OCH3 is 1. The van der Waals surface area contributed by atoms with Crippen LogP contribution in [-0.4, -0.2) is 131 Å². The third-order valence-corrected chi connectivity index (χ3v) is 17.2. The van der Waals surface area contributed by atoms with E-state index in [1.54, 1.807) is 0 Å². The second-order valence-corrected chi connectivity index (χ2v) is 32.7. The topological polar surface area (TPSA) is 153 Å². The number of piperidine rings is 3. The van der Waals surface area contributed by atoms with Crippen LogP contribution in [0.25, 0.3) is 0 Å². The number of hydrogen-bond donors (Lipinski definition) is 5. The van der Waals surface area contributed by atoms with Gasteiger partial charge in [-0.05, 0) is 208 Å². The first kappa shape index (κ1) is 69.9. The van der Waals surface area contributed by atoms with Crippen molar-refractivity contribution in [3.05, 3.63) is 0 Å². The number of carbonyl (C=O) groups is 4. The van der Waals surface area contributed by atoms with Crippen LogP contribution in [0.4, 0.5) is 0 Å². The molecule has 0 atom stereocenters. The largest absolute Gasteiger partial charge is 0.469 e. The Labute approximate surface area is 479 Å². The number of nitrogens with one attached hydrogen (secondary N) is 5. The molecule has 3 heterocycles. The molecule has 2 amide bonds. The molecule has 2 aliphatic carbocycles. The van der Waals surface area contributed by atoms with Crippen LogP contribution in [0.3, 0.4) is 0 Å². The zero-order valence-electron chi connectivity index (χ0n) is 54.6. The van der Waals surface area contributed by atoms with E-state index in [4.69, 9.17) is 4.74 Å². The summed E-state index contributed by atoms with van der Waals surface area (Å²) in [7, 11) is 1.26. The highest BCUT2D eigenvalue weighted by molar-refractivity contribution is 5.91. The van der Waals surface area contributed by atoms with E-state index in [1.807, 2.05) is 4.90 Å². The van der Waals surface area contributed by atoms with Crippen LogP contribution in [0.2, 0.25) is 0 Å². The van der Waals surface area contributed by atoms with Crippen LogP contribution in [0.5, 0.6) is 0 Å². The van der Waals surface area contributed by atoms with E-state index in [0.717, 1.165) is 90.1 Å². The van der Waals surface area contributed by atoms with Crippen molar-refractivity contribution < 1.29 is 28.7 Å². The first-order valence-electron chi connectivity index (χ1n) is 31.1. The number of rotatable bonds is 23. The summed E-state index contributed by atoms with van der Waals surface area (Å²) in [5.41, 5.74) is 1.98. The van der Waals surface area contributed by atoms with E-state index in [2.05, 4.69) is 175 Å². The molecule has 5 rings (SSSR count). The molecule has 5 N–H and O–H groups in total. The van der Waals surface area contributed by atoms with Crippen molar-refractivity contribution in [2.24, 2.45) is 21.7 Å². The van der Waals surface area contributed by atoms with Gasteiger partial charge in [-0.1, -0.05) is 81.1 Å². The molecule has 0 unspecified atom stereocenters. The predicted molar refractivity (Wildman–Crippen MR) is 325 cm³/mol. The lowest BCUT2D eigenvalue weighted by Crippen LogP contribution is -2.62. The Bertz CT molecular complexity index is 1680. The SMILES string of the molecule is CC1(C)CC(N(C=O)CCCCCCN(C=O)C2CC(C)(C)NC(C)(C)C2)CC(C)(C)C1.CC1(C)CC(NCCCCCCNC2CC(C)(C)NC(C)(C)C2)CC(C)(C)C1.COC(=O)CC(=O)OC1CC(C)(C)NC(C)(C)C1. The fraction of sp³-hybridized carbons (Fsp3) is 0.938. The van der Waals surface area contributed by atoms with Crippen LogP contribution < -0.4 is 26.6 Å². The Morgan fingerprint density at radius 1 is 0.436 bits per heavy atom. The molecule has 2 saturated carbocycles. The predicted octanol–water partition coefficient (Wildman–Crippen LogP) is 12.4. The molecule has 0 bridgehead atoms. The molecule has 0 aromatic rings. The molecule has 5 fully saturated rings. The highest BCUT2D eigenvalue weighted by Gasteiger charge is 2.43. The summed E-state index contributed by atoms with van der Waals surface area (Å²) >= 11 is 0. The molecule has 13 heteroatoms. The molecule has 5 aliphatic rings. The van der Waals surface area contributed by atoms with Gasteiger partial charge < -0.3 is 45.9 Å². The van der Waals surface area contributed by atoms with E-state index in [9.17, 15) is 19.2 Å². The minimum Gasteiger partial charge on any atom is -0.469 e. The lowest BCUT2D eigenvalue weighted by atomic mass is 9.63. The Kier molecular flexibility index (Phi) is 25.8. The molecule has 456 valence electrons. The zero-order valence-corrected chi connectivity index (χ0v) is 54.6. The summed E-state index contributed by atoms with van der Waals surface area (Å²) in [5, 5.41) is 18.7. The van der Waals surface area contributed by atoms with Gasteiger partial charge in [-0.3, -0.25) is 19.2 Å². The molecule has 78 heavy (non-hydrogen) atoms. The molecule has 0 radical (unpaired) electrons. The number of carbonyl (C=O) groups excluding carboxylic acids is 4. The molecule has 0 spiro atoms. The van der Waals surface area contributed by atoms with Crippen molar-refractivity contribution in [1.82, 2.24) is 36.4 Å². The van der Waals surface area contributed by atoms with Crippen molar-refractivity contribution in [3.63, 3.8) is 0 Å². The first-order valence-corrected chi connectivity index (χ1v) is 31.1. The number of ether oxygens (including phenoxy) is 2. The zero-order chi connectivity index (χ0) is 59.2. The van der Waals surface area contributed by atoms with E-state index < -0.39 is 11.9 Å². The van der Waals surface area contributed by atoms with Gasteiger partial charge >= 0.3 is 11.9 Å². The lowest BCUT2D eigenvalue weighted by molar-refractivity contribution is -0.159. The Hall–Kier alpha value is -2.32. The van der Waals surface area contributed by atoms with Crippen LogP contribution in [0.15, 0.2) is 0 Å². The molecule has 0 aromatic carbocycles. The average Bonchev–Trinajstić information content (AvgIpc) is 3.20. The monoisotopic (exact) mass is 1100 g/mol. The van der Waals surface area contributed by atoms with Crippen LogP contribution in [0, 0.1) is 21.7 Å². The van der Waals surface area contributed by atoms with Gasteiger partial charge in [0.2, 0.25) is 12.8 Å². The maximum absolute atomic E-state index is 11.8. The maximum Gasteiger partial charge on any atom is 0.317 e. The highest BCUT2D eigenvalue weighted by Crippen LogP contribution is 2.48. The molecule has 13 nitrogen and oxygen atoms in total. The summed E-state index contributed by atoms with van der Waals surface area (Å²) in [6.07, 6.45) is 24.7. The van der Waals surface area contributed by atoms with Crippen LogP contribution >= 0.6 is 0 Å². The first-order chi connectivity index (χ1) is 35.6. The van der Waals surface area contributed by atoms with Crippen molar-refractivity contribution in [3.8, 4) is 0 Å². The van der Waals surface area contributed by atoms with Gasteiger partial charge in [-0.25, -0.2) is 0 Å². The van der Waals surface area contributed by atoms with Gasteiger partial charge in [0.1, 0.15) is 12.5 Å². The second kappa shape index (κ2) is 28.8. The number of unbranched alkanes of at least 4 members (excludes halogenated alkanes) is 6. The summed E-state index contributed by atoms with van der Waals surface area (Å²) in [6.45, 7) is 49.8. The van der Waals surface area contributed by atoms with Crippen molar-refractivity contribution in [1.29, 1.82) is 0 Å². The van der Waals surface area contributed by atoms with Crippen molar-refractivity contribution in [2.75, 3.05) is 33.3 Å². The normalized spacial score (nSPS) is 24.9. The van der Waals surface area contributed by atoms with Gasteiger partial charge in [0.25, 0.3) is 0 Å². The van der Waals surface area contributed by atoms with E-state index >= 15 is 0 Å². The van der Waals surface area contributed by atoms with Crippen LogP contribution in [0.1, 0.15) is 273 Å². The number of hydrogen-bond acceptors (Lipinski definition) is 11. The third kappa shape index (κ3) is 27.2. The molecule has 3 saturated heterocycles. The number of amides is 2. The fourth-order valence-electron chi connectivity index (χ4n) is 16.5. The number of esters is 2. The van der Waals surface area contributed by atoms with Gasteiger partial charge in [-0.15, -0.1) is 0 Å². The second-order valence-electron chi connectivity index (χ2n) is 32.7. The van der Waals surface area contributed by atoms with Crippen LogP contribution in [-0.2, 0) is 28.7 Å². The molecular weight excluding hydrogens is 975 g/mol. The standard InChI is InChI=1S/C27H51N3O2.C25H51N3.C13H23NO4/c1-24(2)15-22(16-25(3,4)19-24)29(20-31)13-11-9-10-12-14-30(21-32)23-17-26(5,6)28-27(7,8)18-23;1-22(2)15-20(16-23(3,4)19-22)26-13-11-9-10-12-14-27-21-17-24(5,6)28-25(7,8)18-21;1-12(2)7-9(8-13(3,4)14-12)18-11(16)6-10(15)17-5/h20-23,28H,9-19H2,1-8H3;20-21,26-28H,9-19H2,1-8H3;9,14H,6-8H2,1-5H3. The highest BCUT2D eigenvalue weighted by atomic mass is 16.6. The maximum atomic E-state index is 11.8. The summed E-state index contributed by atoms with van der Waals surface area (Å²) < 4.78 is 9.80. The quantitative estimate of drug-likeness (QED) is 0.0288. The van der Waals surface area contributed by atoms with Gasteiger partial charge in [0, 0.05) is 83.3 Å². The van der Waals surface area contributed by atoms with E-state index in [-0.39, 0.29) is 45.8 Å². The third-order valence-electron chi connectivity index (χ3n) is 17.2. The van der Waals surface area contributed by atoms with Crippen molar-refractivity contribution >= 4 is 24.8 Å². The summed E-state index contributed by atoms with van der Waals surface area (Å²) in [6, 6.07) is 2.05. The van der Waals surface area contributed by atoms with Gasteiger partial charge in [-0.2, -0.15) is 0 Å². The molecule has 3 aliphatic heterocycles. The lowest BCUT2D eigenvalue weighted by Gasteiger charge is -2.49. The molecule has 0 aromatic heterocycles. The Balaban J connectivity index is 0.000000319. The Morgan fingerprint density at radius 2 is 0.756 bits per heavy atom. The van der Waals surface area contributed by atoms with Gasteiger partial charge in [0.05, 0.1) is 7.11 Å². The smallest absolute Gasteiger partial charge is 0.317 e. The van der Waals surface area contributed by atoms with E-state index in [0.29, 0.717) is 45.8 Å². The van der Waals surface area contributed by atoms with Gasteiger partial charge in [0.15, 0.2) is 0 Å². The van der Waals surface area contributed by atoms with E-state index in [1.165, 1.54) is 84.4 Å². The summed E-state index contributed by atoms with van der Waals surface area (Å²) in [5.74, 6) is -1.08.